The molecule has 5 heteroatoms. The van der Waals surface area contributed by atoms with Gasteiger partial charge in [-0.05, 0) is 18.2 Å². The molecule has 0 aliphatic rings. The highest BCUT2D eigenvalue weighted by Gasteiger charge is 2.10. The molecular weight excluding hydrogens is 208 g/mol. The highest BCUT2D eigenvalue weighted by molar-refractivity contribution is 5.90. The maximum atomic E-state index is 10.9. The Hall–Kier alpha value is -2.30. The number of hydrogen-bond acceptors (Lipinski definition) is 4. The molecule has 0 fully saturated rings. The van der Waals surface area contributed by atoms with Crippen LogP contribution in [0.25, 0.3) is 11.5 Å². The number of nitrogens with zero attached hydrogens (tertiary/aromatic N) is 1. The molecule has 2 N–H and O–H groups in total. The van der Waals surface area contributed by atoms with Crippen LogP contribution in [0, 0.1) is 0 Å². The lowest BCUT2D eigenvalue weighted by molar-refractivity contribution is 0.0974. The van der Waals surface area contributed by atoms with Crippen LogP contribution in [0.4, 0.5) is 0 Å². The Morgan fingerprint density at radius 2 is 2.25 bits per heavy atom. The smallest absolute Gasteiger partial charge is 0.284 e. The molecule has 2 aromatic heterocycles. The highest BCUT2D eigenvalue weighted by Crippen LogP contribution is 2.23. The van der Waals surface area contributed by atoms with Crippen LogP contribution < -0.4 is 10.5 Å². The lowest BCUT2D eigenvalue weighted by Gasteiger charge is -2.00. The molecule has 0 radical (unpaired) electrons. The van der Waals surface area contributed by atoms with E-state index in [0.29, 0.717) is 17.2 Å². The van der Waals surface area contributed by atoms with Gasteiger partial charge in [0.25, 0.3) is 5.91 Å². The van der Waals surface area contributed by atoms with Crippen molar-refractivity contribution in [1.29, 1.82) is 0 Å². The Balaban J connectivity index is 2.38. The number of primary amides is 1. The third-order valence-electron chi connectivity index (χ3n) is 2.07. The summed E-state index contributed by atoms with van der Waals surface area (Å²) in [6.45, 7) is 0. The number of methoxy groups -OCH3 is 1. The van der Waals surface area contributed by atoms with Crippen LogP contribution in [-0.4, -0.2) is 18.0 Å². The first-order valence-corrected chi connectivity index (χ1v) is 4.61. The number of pyridine rings is 1. The van der Waals surface area contributed by atoms with E-state index in [0.717, 1.165) is 0 Å². The molecule has 0 saturated carbocycles. The topological polar surface area (TPSA) is 78.4 Å². The van der Waals surface area contributed by atoms with Crippen molar-refractivity contribution in [3.05, 3.63) is 36.2 Å². The first kappa shape index (κ1) is 10.2. The number of ether oxygens (including phenoxy) is 1. The quantitative estimate of drug-likeness (QED) is 0.845. The van der Waals surface area contributed by atoms with Gasteiger partial charge >= 0.3 is 0 Å². The Bertz CT molecular complexity index is 519. The zero-order valence-corrected chi connectivity index (χ0v) is 8.64. The molecule has 82 valence electrons. The van der Waals surface area contributed by atoms with E-state index in [9.17, 15) is 4.79 Å². The summed E-state index contributed by atoms with van der Waals surface area (Å²) in [6, 6.07) is 6.59. The number of rotatable bonds is 3. The lowest BCUT2D eigenvalue weighted by atomic mass is 10.3. The summed E-state index contributed by atoms with van der Waals surface area (Å²) in [5.41, 5.74) is 5.67. The fourth-order valence-electron chi connectivity index (χ4n) is 1.28. The minimum atomic E-state index is -0.603. The largest absolute Gasteiger partial charge is 0.497 e. The van der Waals surface area contributed by atoms with Crippen LogP contribution in [0.5, 0.6) is 5.75 Å². The number of nitrogens with two attached hydrogens (primary N) is 1. The summed E-state index contributed by atoms with van der Waals surface area (Å²) < 4.78 is 10.3. The van der Waals surface area contributed by atoms with Crippen molar-refractivity contribution in [3.8, 4) is 17.2 Å². The molecule has 0 spiro atoms. The Morgan fingerprint density at radius 3 is 2.88 bits per heavy atom. The van der Waals surface area contributed by atoms with E-state index in [1.807, 2.05) is 0 Å². The molecule has 0 saturated heterocycles. The first-order chi connectivity index (χ1) is 7.70. The maximum absolute atomic E-state index is 10.9. The number of aromatic nitrogens is 1. The number of amides is 1. The highest BCUT2D eigenvalue weighted by atomic mass is 16.5. The van der Waals surface area contributed by atoms with Gasteiger partial charge in [-0.25, -0.2) is 0 Å². The monoisotopic (exact) mass is 218 g/mol. The van der Waals surface area contributed by atoms with Crippen LogP contribution in [-0.2, 0) is 0 Å². The predicted octanol–water partition coefficient (Wildman–Crippen LogP) is 1.45. The molecule has 0 bridgehead atoms. The van der Waals surface area contributed by atoms with Gasteiger partial charge in [0.1, 0.15) is 11.4 Å². The van der Waals surface area contributed by atoms with Gasteiger partial charge in [0.15, 0.2) is 11.5 Å². The average Bonchev–Trinajstić information content (AvgIpc) is 2.78. The number of hydrogen-bond donors (Lipinski definition) is 1. The minimum Gasteiger partial charge on any atom is -0.497 e. The van der Waals surface area contributed by atoms with E-state index in [2.05, 4.69) is 4.98 Å². The Labute approximate surface area is 91.8 Å². The van der Waals surface area contributed by atoms with E-state index in [1.54, 1.807) is 31.5 Å². The second kappa shape index (κ2) is 4.06. The molecular formula is C11H10N2O3. The second-order valence-electron chi connectivity index (χ2n) is 3.11. The molecule has 1 amide bonds. The van der Waals surface area contributed by atoms with Gasteiger partial charge in [-0.1, -0.05) is 0 Å². The summed E-state index contributed by atoms with van der Waals surface area (Å²) in [7, 11) is 1.57. The molecule has 0 aliphatic heterocycles. The zero-order chi connectivity index (χ0) is 11.5. The van der Waals surface area contributed by atoms with Crippen LogP contribution >= 0.6 is 0 Å². The molecule has 5 nitrogen and oxygen atoms in total. The van der Waals surface area contributed by atoms with Crippen LogP contribution in [0.2, 0.25) is 0 Å². The second-order valence-corrected chi connectivity index (χ2v) is 3.11. The van der Waals surface area contributed by atoms with E-state index >= 15 is 0 Å². The fraction of sp³-hybridized carbons (Fsp3) is 0.0909. The van der Waals surface area contributed by atoms with E-state index in [4.69, 9.17) is 14.9 Å². The summed E-state index contributed by atoms with van der Waals surface area (Å²) in [5, 5.41) is 0. The standard InChI is InChI=1S/C11H10N2O3/c1-15-7-4-5-13-8(6-7)9-2-3-10(16-9)11(12)14/h2-6H,1H3,(H2,12,14). The van der Waals surface area contributed by atoms with Gasteiger partial charge in [0.05, 0.1) is 7.11 Å². The summed E-state index contributed by atoms with van der Waals surface area (Å²) >= 11 is 0. The molecule has 0 aromatic carbocycles. The van der Waals surface area contributed by atoms with Gasteiger partial charge in [-0.15, -0.1) is 0 Å². The van der Waals surface area contributed by atoms with E-state index in [-0.39, 0.29) is 5.76 Å². The van der Waals surface area contributed by atoms with Gasteiger partial charge in [0, 0.05) is 12.3 Å². The minimum absolute atomic E-state index is 0.111. The van der Waals surface area contributed by atoms with Crippen LogP contribution in [0.3, 0.4) is 0 Å². The normalized spacial score (nSPS) is 10.1. The molecule has 2 aromatic rings. The van der Waals surface area contributed by atoms with Gasteiger partial charge in [-0.3, -0.25) is 9.78 Å². The maximum Gasteiger partial charge on any atom is 0.284 e. The molecule has 16 heavy (non-hydrogen) atoms. The van der Waals surface area contributed by atoms with Crippen molar-refractivity contribution in [2.45, 2.75) is 0 Å². The summed E-state index contributed by atoms with van der Waals surface area (Å²) in [6.07, 6.45) is 1.60. The van der Waals surface area contributed by atoms with Crippen molar-refractivity contribution in [1.82, 2.24) is 4.98 Å². The summed E-state index contributed by atoms with van der Waals surface area (Å²) in [5.74, 6) is 0.656. The van der Waals surface area contributed by atoms with Crippen LogP contribution in [0.15, 0.2) is 34.9 Å². The third-order valence-corrected chi connectivity index (χ3v) is 2.07. The van der Waals surface area contributed by atoms with Crippen molar-refractivity contribution in [3.63, 3.8) is 0 Å². The van der Waals surface area contributed by atoms with Crippen molar-refractivity contribution in [2.75, 3.05) is 7.11 Å². The van der Waals surface area contributed by atoms with E-state index < -0.39 is 5.91 Å². The average molecular weight is 218 g/mol. The Morgan fingerprint density at radius 1 is 1.44 bits per heavy atom. The third kappa shape index (κ3) is 1.88. The number of carbonyl (C=O) groups excluding carboxylic acids is 1. The predicted molar refractivity (Wildman–Crippen MR) is 57.0 cm³/mol. The fourth-order valence-corrected chi connectivity index (χ4v) is 1.28. The van der Waals surface area contributed by atoms with Crippen molar-refractivity contribution in [2.24, 2.45) is 5.73 Å². The zero-order valence-electron chi connectivity index (χ0n) is 8.64. The first-order valence-electron chi connectivity index (χ1n) is 4.61. The molecule has 0 atom stereocenters. The van der Waals surface area contributed by atoms with Gasteiger partial charge in [-0.2, -0.15) is 0 Å². The van der Waals surface area contributed by atoms with E-state index in [1.165, 1.54) is 6.07 Å². The molecule has 2 heterocycles. The molecule has 0 aliphatic carbocycles. The van der Waals surface area contributed by atoms with Crippen LogP contribution in [0.1, 0.15) is 10.6 Å². The van der Waals surface area contributed by atoms with Gasteiger partial charge < -0.3 is 14.9 Å². The number of carbonyl (C=O) groups is 1. The lowest BCUT2D eigenvalue weighted by Crippen LogP contribution is -2.09. The van der Waals surface area contributed by atoms with Crippen molar-refractivity contribution >= 4 is 5.91 Å². The number of furan rings is 1. The van der Waals surface area contributed by atoms with Gasteiger partial charge in [0.2, 0.25) is 0 Å². The Kier molecular flexibility index (Phi) is 2.59. The summed E-state index contributed by atoms with van der Waals surface area (Å²) in [4.78, 5) is 15.0. The molecule has 0 unspecified atom stereocenters. The van der Waals surface area contributed by atoms with Crippen molar-refractivity contribution < 1.29 is 13.9 Å². The SMILES string of the molecule is COc1ccnc(-c2ccc(C(N)=O)o2)c1. The molecule has 2 rings (SSSR count).